The SMILES string of the molecule is O=[SH](=O)CCCn1c(CCl)cc2cc(Cl)ccc21. The van der Waals surface area contributed by atoms with Crippen LogP contribution in [0.1, 0.15) is 12.1 Å². The average molecular weight is 306 g/mol. The Bertz CT molecular complexity index is 626. The van der Waals surface area contributed by atoms with E-state index in [0.717, 1.165) is 16.6 Å². The zero-order chi connectivity index (χ0) is 13.1. The summed E-state index contributed by atoms with van der Waals surface area (Å²) in [6.07, 6.45) is 0.592. The predicted molar refractivity (Wildman–Crippen MR) is 76.3 cm³/mol. The molecule has 0 saturated carbocycles. The van der Waals surface area contributed by atoms with Gasteiger partial charge in [-0.15, -0.1) is 11.6 Å². The lowest BCUT2D eigenvalue weighted by molar-refractivity contribution is 0.604. The molecule has 0 aliphatic carbocycles. The summed E-state index contributed by atoms with van der Waals surface area (Å²) in [5.74, 6) is 0.597. The van der Waals surface area contributed by atoms with E-state index in [9.17, 15) is 8.42 Å². The summed E-state index contributed by atoms with van der Waals surface area (Å²) >= 11 is 11.9. The largest absolute Gasteiger partial charge is 0.343 e. The third kappa shape index (κ3) is 2.99. The van der Waals surface area contributed by atoms with E-state index in [1.165, 1.54) is 0 Å². The average Bonchev–Trinajstić information content (AvgIpc) is 2.66. The van der Waals surface area contributed by atoms with Crippen molar-refractivity contribution in [2.75, 3.05) is 5.75 Å². The van der Waals surface area contributed by atoms with Gasteiger partial charge in [-0.2, -0.15) is 0 Å². The van der Waals surface area contributed by atoms with Gasteiger partial charge in [-0.3, -0.25) is 0 Å². The van der Waals surface area contributed by atoms with E-state index in [-0.39, 0.29) is 5.75 Å². The minimum absolute atomic E-state index is 0.199. The van der Waals surface area contributed by atoms with Crippen LogP contribution in [-0.2, 0) is 23.1 Å². The van der Waals surface area contributed by atoms with Crippen LogP contribution in [0, 0.1) is 0 Å². The first-order valence-electron chi connectivity index (χ1n) is 5.57. The van der Waals surface area contributed by atoms with E-state index in [0.29, 0.717) is 23.9 Å². The molecule has 0 amide bonds. The molecule has 0 fully saturated rings. The van der Waals surface area contributed by atoms with E-state index in [2.05, 4.69) is 4.57 Å². The van der Waals surface area contributed by atoms with Gasteiger partial charge in [0.15, 0.2) is 0 Å². The number of thiol groups is 1. The minimum Gasteiger partial charge on any atom is -0.343 e. The Morgan fingerprint density at radius 1 is 1.22 bits per heavy atom. The number of halogens is 2. The maximum atomic E-state index is 10.6. The summed E-state index contributed by atoms with van der Waals surface area (Å²) < 4.78 is 23.2. The summed E-state index contributed by atoms with van der Waals surface area (Å²) in [6, 6.07) is 7.64. The fourth-order valence-corrected chi connectivity index (χ4v) is 2.83. The highest BCUT2D eigenvalue weighted by molar-refractivity contribution is 7.72. The number of aromatic nitrogens is 1. The quantitative estimate of drug-likeness (QED) is 0.681. The second-order valence-electron chi connectivity index (χ2n) is 4.03. The van der Waals surface area contributed by atoms with Crippen molar-refractivity contribution in [2.45, 2.75) is 18.8 Å². The van der Waals surface area contributed by atoms with Crippen molar-refractivity contribution in [3.63, 3.8) is 0 Å². The smallest absolute Gasteiger partial charge is 0.140 e. The minimum atomic E-state index is -2.31. The van der Waals surface area contributed by atoms with Crippen LogP contribution in [0.4, 0.5) is 0 Å². The number of fused-ring (bicyclic) bond motifs is 1. The molecule has 0 saturated heterocycles. The van der Waals surface area contributed by atoms with Gasteiger partial charge in [-0.1, -0.05) is 11.6 Å². The second kappa shape index (κ2) is 5.95. The standard InChI is InChI=1S/C12H13Cl2NO2S/c13-8-11-7-9-6-10(14)2-3-12(9)15(11)4-1-5-18(16)17/h2-3,6-7,18H,1,4-5,8H2. The van der Waals surface area contributed by atoms with Gasteiger partial charge < -0.3 is 4.57 Å². The number of hydrogen-bond donors (Lipinski definition) is 1. The molecule has 0 N–H and O–H groups in total. The third-order valence-electron chi connectivity index (χ3n) is 2.81. The number of hydrogen-bond acceptors (Lipinski definition) is 2. The van der Waals surface area contributed by atoms with Crippen LogP contribution >= 0.6 is 23.2 Å². The highest BCUT2D eigenvalue weighted by Gasteiger charge is 2.08. The molecule has 3 nitrogen and oxygen atoms in total. The van der Waals surface area contributed by atoms with Crippen molar-refractivity contribution >= 4 is 44.8 Å². The number of benzene rings is 1. The van der Waals surface area contributed by atoms with E-state index in [4.69, 9.17) is 23.2 Å². The number of nitrogens with zero attached hydrogens (tertiary/aromatic N) is 1. The normalized spacial score (nSPS) is 11.5. The Kier molecular flexibility index (Phi) is 4.54. The van der Waals surface area contributed by atoms with Crippen LogP contribution in [0.5, 0.6) is 0 Å². The molecule has 2 aromatic rings. The zero-order valence-electron chi connectivity index (χ0n) is 9.60. The van der Waals surface area contributed by atoms with Gasteiger partial charge in [0.25, 0.3) is 0 Å². The molecule has 0 aliphatic rings. The van der Waals surface area contributed by atoms with Crippen molar-refractivity contribution in [2.24, 2.45) is 0 Å². The molecule has 0 spiro atoms. The van der Waals surface area contributed by atoms with Gasteiger partial charge in [0, 0.05) is 33.9 Å². The Hall–Kier alpha value is -0.710. The van der Waals surface area contributed by atoms with Gasteiger partial charge in [-0.05, 0) is 30.7 Å². The highest BCUT2D eigenvalue weighted by atomic mass is 35.5. The van der Waals surface area contributed by atoms with Gasteiger partial charge in [0.05, 0.1) is 5.88 Å². The molecule has 0 atom stereocenters. The second-order valence-corrected chi connectivity index (χ2v) is 5.85. The summed E-state index contributed by atoms with van der Waals surface area (Å²) in [4.78, 5) is 0. The predicted octanol–water partition coefficient (Wildman–Crippen LogP) is 3.04. The first kappa shape index (κ1) is 13.7. The maximum absolute atomic E-state index is 10.6. The van der Waals surface area contributed by atoms with E-state index in [1.54, 1.807) is 0 Å². The fourth-order valence-electron chi connectivity index (χ4n) is 2.03. The molecule has 1 aromatic carbocycles. The first-order valence-corrected chi connectivity index (χ1v) is 7.85. The van der Waals surface area contributed by atoms with E-state index >= 15 is 0 Å². The van der Waals surface area contributed by atoms with Crippen molar-refractivity contribution in [1.29, 1.82) is 0 Å². The number of rotatable bonds is 5. The van der Waals surface area contributed by atoms with Gasteiger partial charge >= 0.3 is 0 Å². The lowest BCUT2D eigenvalue weighted by atomic mass is 10.2. The van der Waals surface area contributed by atoms with Gasteiger partial charge in [0.2, 0.25) is 0 Å². The molecule has 98 valence electrons. The Morgan fingerprint density at radius 2 is 2.00 bits per heavy atom. The van der Waals surface area contributed by atoms with Crippen molar-refractivity contribution < 1.29 is 8.42 Å². The Morgan fingerprint density at radius 3 is 2.67 bits per heavy atom. The molecule has 0 radical (unpaired) electrons. The van der Waals surface area contributed by atoms with E-state index in [1.807, 2.05) is 24.3 Å². The number of alkyl halides is 1. The summed E-state index contributed by atoms with van der Waals surface area (Å²) in [5.41, 5.74) is 2.02. The summed E-state index contributed by atoms with van der Waals surface area (Å²) in [5, 5.41) is 1.72. The number of aryl methyl sites for hydroxylation is 1. The molecule has 6 heteroatoms. The molecule has 1 aromatic heterocycles. The van der Waals surface area contributed by atoms with Crippen LogP contribution in [0.2, 0.25) is 5.02 Å². The van der Waals surface area contributed by atoms with Crippen molar-refractivity contribution in [1.82, 2.24) is 4.57 Å². The van der Waals surface area contributed by atoms with Crippen molar-refractivity contribution in [3.05, 3.63) is 35.0 Å². The third-order valence-corrected chi connectivity index (χ3v) is 4.00. The maximum Gasteiger partial charge on any atom is 0.140 e. The first-order chi connectivity index (χ1) is 8.61. The van der Waals surface area contributed by atoms with Crippen LogP contribution in [0.25, 0.3) is 10.9 Å². The van der Waals surface area contributed by atoms with Crippen LogP contribution in [0.3, 0.4) is 0 Å². The summed E-state index contributed by atoms with van der Waals surface area (Å²) in [6.45, 7) is 0.649. The van der Waals surface area contributed by atoms with Crippen molar-refractivity contribution in [3.8, 4) is 0 Å². The molecule has 0 aliphatic heterocycles. The summed E-state index contributed by atoms with van der Waals surface area (Å²) in [7, 11) is -2.31. The van der Waals surface area contributed by atoms with Crippen LogP contribution < -0.4 is 0 Å². The molecule has 1 heterocycles. The molecule has 0 bridgehead atoms. The Balaban J connectivity index is 2.34. The Labute approximate surface area is 117 Å². The van der Waals surface area contributed by atoms with Crippen LogP contribution in [0.15, 0.2) is 24.3 Å². The van der Waals surface area contributed by atoms with Gasteiger partial charge in [-0.25, -0.2) is 8.42 Å². The lowest BCUT2D eigenvalue weighted by Gasteiger charge is -2.07. The topological polar surface area (TPSA) is 39.1 Å². The molecular formula is C12H13Cl2NO2S. The molecule has 2 rings (SSSR count). The van der Waals surface area contributed by atoms with Crippen LogP contribution in [-0.4, -0.2) is 18.7 Å². The zero-order valence-corrected chi connectivity index (χ0v) is 12.0. The highest BCUT2D eigenvalue weighted by Crippen LogP contribution is 2.24. The fraction of sp³-hybridized carbons (Fsp3) is 0.333. The molecule has 0 unspecified atom stereocenters. The molecule has 18 heavy (non-hydrogen) atoms. The van der Waals surface area contributed by atoms with Gasteiger partial charge in [0.1, 0.15) is 10.7 Å². The monoisotopic (exact) mass is 305 g/mol. The molecular weight excluding hydrogens is 293 g/mol. The van der Waals surface area contributed by atoms with E-state index < -0.39 is 10.7 Å². The lowest BCUT2D eigenvalue weighted by Crippen LogP contribution is -2.04.